The summed E-state index contributed by atoms with van der Waals surface area (Å²) in [6, 6.07) is 9.14. The highest BCUT2D eigenvalue weighted by molar-refractivity contribution is 6.36. The number of imidazole rings is 1. The van der Waals surface area contributed by atoms with Crippen molar-refractivity contribution < 1.29 is 0 Å². The Kier molecular flexibility index (Phi) is 2.50. The van der Waals surface area contributed by atoms with Gasteiger partial charge in [0.2, 0.25) is 0 Å². The van der Waals surface area contributed by atoms with E-state index in [9.17, 15) is 0 Å². The second-order valence-corrected chi connectivity index (χ2v) is 4.42. The summed E-state index contributed by atoms with van der Waals surface area (Å²) in [5, 5.41) is 5.62. The van der Waals surface area contributed by atoms with Crippen LogP contribution in [0.15, 0.2) is 42.7 Å². The first-order valence-electron chi connectivity index (χ1n) is 5.00. The number of aromatic nitrogens is 3. The van der Waals surface area contributed by atoms with Gasteiger partial charge in [0.15, 0.2) is 5.65 Å². The SMILES string of the molecule is Clc1ccc(-c2ccc3nccn3n2)c(Cl)c1. The number of hydrogen-bond acceptors (Lipinski definition) is 2. The first kappa shape index (κ1) is 10.6. The van der Waals surface area contributed by atoms with Crippen LogP contribution in [0.3, 0.4) is 0 Å². The van der Waals surface area contributed by atoms with Crippen LogP contribution >= 0.6 is 23.2 Å². The summed E-state index contributed by atoms with van der Waals surface area (Å²) in [7, 11) is 0. The van der Waals surface area contributed by atoms with Crippen molar-refractivity contribution in [3.63, 3.8) is 0 Å². The fourth-order valence-electron chi connectivity index (χ4n) is 1.66. The average molecular weight is 264 g/mol. The Labute approximate surface area is 108 Å². The third kappa shape index (κ3) is 1.88. The molecule has 1 aromatic carbocycles. The number of halogens is 2. The smallest absolute Gasteiger partial charge is 0.153 e. The fourth-order valence-corrected chi connectivity index (χ4v) is 2.16. The lowest BCUT2D eigenvalue weighted by atomic mass is 10.1. The summed E-state index contributed by atoms with van der Waals surface area (Å²) in [6.45, 7) is 0. The number of hydrogen-bond donors (Lipinski definition) is 0. The van der Waals surface area contributed by atoms with Gasteiger partial charge in [-0.05, 0) is 30.3 Å². The van der Waals surface area contributed by atoms with Crippen molar-refractivity contribution in [3.8, 4) is 11.3 Å². The molecular formula is C12H7Cl2N3. The number of benzene rings is 1. The summed E-state index contributed by atoms with van der Waals surface area (Å²) >= 11 is 12.0. The van der Waals surface area contributed by atoms with E-state index < -0.39 is 0 Å². The van der Waals surface area contributed by atoms with Crippen LogP contribution in [0, 0.1) is 0 Å². The van der Waals surface area contributed by atoms with E-state index in [1.807, 2.05) is 18.2 Å². The highest BCUT2D eigenvalue weighted by Gasteiger charge is 2.06. The molecule has 0 fully saturated rings. The van der Waals surface area contributed by atoms with Gasteiger partial charge in [0, 0.05) is 23.0 Å². The molecule has 3 nitrogen and oxygen atoms in total. The summed E-state index contributed by atoms with van der Waals surface area (Å²) < 4.78 is 1.71. The largest absolute Gasteiger partial charge is 0.236 e. The first-order valence-corrected chi connectivity index (χ1v) is 5.75. The van der Waals surface area contributed by atoms with Crippen molar-refractivity contribution in [2.45, 2.75) is 0 Å². The van der Waals surface area contributed by atoms with Gasteiger partial charge in [-0.15, -0.1) is 0 Å². The Morgan fingerprint density at radius 3 is 2.76 bits per heavy atom. The molecule has 3 rings (SSSR count). The van der Waals surface area contributed by atoms with Crippen LogP contribution in [0.25, 0.3) is 16.9 Å². The molecule has 5 heteroatoms. The van der Waals surface area contributed by atoms with Gasteiger partial charge in [0.05, 0.1) is 10.7 Å². The molecule has 0 aliphatic rings. The molecule has 0 N–H and O–H groups in total. The summed E-state index contributed by atoms with van der Waals surface area (Å²) in [5.41, 5.74) is 2.45. The zero-order chi connectivity index (χ0) is 11.8. The van der Waals surface area contributed by atoms with Crippen molar-refractivity contribution >= 4 is 28.8 Å². The Hall–Kier alpha value is -1.58. The maximum Gasteiger partial charge on any atom is 0.153 e. The molecule has 0 radical (unpaired) electrons. The molecule has 0 unspecified atom stereocenters. The zero-order valence-corrected chi connectivity index (χ0v) is 10.2. The van der Waals surface area contributed by atoms with E-state index in [1.165, 1.54) is 0 Å². The molecule has 2 aromatic heterocycles. The van der Waals surface area contributed by atoms with Crippen LogP contribution < -0.4 is 0 Å². The molecule has 0 atom stereocenters. The van der Waals surface area contributed by atoms with Crippen LogP contribution in [0.2, 0.25) is 10.0 Å². The van der Waals surface area contributed by atoms with Gasteiger partial charge in [-0.25, -0.2) is 9.50 Å². The van der Waals surface area contributed by atoms with Crippen LogP contribution in [-0.2, 0) is 0 Å². The molecule has 0 aliphatic carbocycles. The Bertz CT molecular complexity index is 691. The van der Waals surface area contributed by atoms with Crippen LogP contribution in [0.1, 0.15) is 0 Å². The minimum absolute atomic E-state index is 0.587. The monoisotopic (exact) mass is 263 g/mol. The predicted molar refractivity (Wildman–Crippen MR) is 68.4 cm³/mol. The highest BCUT2D eigenvalue weighted by atomic mass is 35.5. The zero-order valence-electron chi connectivity index (χ0n) is 8.64. The second kappa shape index (κ2) is 4.02. The molecule has 84 valence electrons. The van der Waals surface area contributed by atoms with Gasteiger partial charge in [0.1, 0.15) is 0 Å². The topological polar surface area (TPSA) is 30.2 Å². The quantitative estimate of drug-likeness (QED) is 0.670. The van der Waals surface area contributed by atoms with Crippen LogP contribution in [0.5, 0.6) is 0 Å². The summed E-state index contributed by atoms with van der Waals surface area (Å²) in [4.78, 5) is 4.14. The molecule has 3 aromatic rings. The maximum absolute atomic E-state index is 6.14. The summed E-state index contributed by atoms with van der Waals surface area (Å²) in [5.74, 6) is 0. The third-order valence-corrected chi connectivity index (χ3v) is 3.01. The standard InChI is InChI=1S/C12H7Cl2N3/c13-8-1-2-9(10(14)7-8)11-3-4-12-15-5-6-17(12)16-11/h1-7H. The van der Waals surface area contributed by atoms with E-state index in [0.717, 1.165) is 16.9 Å². The van der Waals surface area contributed by atoms with E-state index in [-0.39, 0.29) is 0 Å². The van der Waals surface area contributed by atoms with E-state index in [2.05, 4.69) is 10.1 Å². The van der Waals surface area contributed by atoms with Gasteiger partial charge < -0.3 is 0 Å². The van der Waals surface area contributed by atoms with E-state index in [4.69, 9.17) is 23.2 Å². The molecule has 0 spiro atoms. The lowest BCUT2D eigenvalue weighted by Gasteiger charge is -2.04. The Morgan fingerprint density at radius 2 is 1.94 bits per heavy atom. The number of fused-ring (bicyclic) bond motifs is 1. The number of rotatable bonds is 1. The molecule has 0 aliphatic heterocycles. The van der Waals surface area contributed by atoms with E-state index in [0.29, 0.717) is 10.0 Å². The minimum atomic E-state index is 0.587. The molecule has 17 heavy (non-hydrogen) atoms. The predicted octanol–water partition coefficient (Wildman–Crippen LogP) is 3.70. The molecule has 0 amide bonds. The maximum atomic E-state index is 6.14. The highest BCUT2D eigenvalue weighted by Crippen LogP contribution is 2.28. The Balaban J connectivity index is 2.19. The number of nitrogens with zero attached hydrogens (tertiary/aromatic N) is 3. The molecule has 2 heterocycles. The van der Waals surface area contributed by atoms with Gasteiger partial charge in [-0.2, -0.15) is 5.10 Å². The van der Waals surface area contributed by atoms with Crippen LogP contribution in [0.4, 0.5) is 0 Å². The first-order chi connectivity index (χ1) is 8.24. The van der Waals surface area contributed by atoms with E-state index >= 15 is 0 Å². The fraction of sp³-hybridized carbons (Fsp3) is 0. The Morgan fingerprint density at radius 1 is 1.06 bits per heavy atom. The second-order valence-electron chi connectivity index (χ2n) is 3.57. The van der Waals surface area contributed by atoms with Crippen LogP contribution in [-0.4, -0.2) is 14.6 Å². The van der Waals surface area contributed by atoms with E-state index in [1.54, 1.807) is 29.0 Å². The third-order valence-electron chi connectivity index (χ3n) is 2.46. The summed E-state index contributed by atoms with van der Waals surface area (Å²) in [6.07, 6.45) is 3.50. The lowest BCUT2D eigenvalue weighted by molar-refractivity contribution is 0.942. The van der Waals surface area contributed by atoms with Crippen molar-refractivity contribution in [1.29, 1.82) is 0 Å². The molecule has 0 saturated heterocycles. The lowest BCUT2D eigenvalue weighted by Crippen LogP contribution is -1.93. The van der Waals surface area contributed by atoms with Gasteiger partial charge >= 0.3 is 0 Å². The normalized spacial score (nSPS) is 10.9. The molecule has 0 bridgehead atoms. The molecular weight excluding hydrogens is 257 g/mol. The van der Waals surface area contributed by atoms with Crippen molar-refractivity contribution in [1.82, 2.24) is 14.6 Å². The average Bonchev–Trinajstić information content (AvgIpc) is 2.75. The van der Waals surface area contributed by atoms with Gasteiger partial charge in [-0.3, -0.25) is 0 Å². The van der Waals surface area contributed by atoms with Crippen molar-refractivity contribution in [2.24, 2.45) is 0 Å². The van der Waals surface area contributed by atoms with Crippen molar-refractivity contribution in [2.75, 3.05) is 0 Å². The van der Waals surface area contributed by atoms with Gasteiger partial charge in [0.25, 0.3) is 0 Å². The minimum Gasteiger partial charge on any atom is -0.236 e. The molecule has 0 saturated carbocycles. The van der Waals surface area contributed by atoms with Crippen molar-refractivity contribution in [3.05, 3.63) is 52.8 Å². The van der Waals surface area contributed by atoms with Gasteiger partial charge in [-0.1, -0.05) is 23.2 Å².